The van der Waals surface area contributed by atoms with Gasteiger partial charge in [0.25, 0.3) is 11.8 Å². The average Bonchev–Trinajstić information content (AvgIpc) is 3.37. The van der Waals surface area contributed by atoms with Crippen LogP contribution in [0.1, 0.15) is 36.7 Å². The third-order valence-corrected chi connectivity index (χ3v) is 6.24. The molecular weight excluding hydrogens is 422 g/mol. The number of amides is 2. The number of ether oxygens (including phenoxy) is 1. The number of carbonyl (C=O) groups excluding carboxylic acids is 2. The Morgan fingerprint density at radius 3 is 2.31 bits per heavy atom. The summed E-state index contributed by atoms with van der Waals surface area (Å²) >= 11 is 1.41. The lowest BCUT2D eigenvalue weighted by Gasteiger charge is -2.26. The van der Waals surface area contributed by atoms with E-state index in [9.17, 15) is 9.59 Å². The fourth-order valence-electron chi connectivity index (χ4n) is 3.59. The Kier molecular flexibility index (Phi) is 7.66. The molecule has 1 aliphatic rings. The predicted octanol–water partition coefficient (Wildman–Crippen LogP) is 3.44. The van der Waals surface area contributed by atoms with Gasteiger partial charge in [-0.15, -0.1) is 11.3 Å². The van der Waals surface area contributed by atoms with Crippen molar-refractivity contribution in [3.05, 3.63) is 93.2 Å². The van der Waals surface area contributed by atoms with Crippen molar-refractivity contribution in [2.45, 2.75) is 19.6 Å². The Morgan fingerprint density at radius 1 is 0.844 bits per heavy atom. The van der Waals surface area contributed by atoms with Gasteiger partial charge >= 0.3 is 0 Å². The van der Waals surface area contributed by atoms with Crippen molar-refractivity contribution >= 4 is 23.2 Å². The average molecular weight is 450 g/mol. The van der Waals surface area contributed by atoms with E-state index >= 15 is 0 Å². The maximum Gasteiger partial charge on any atom is 0.261 e. The van der Waals surface area contributed by atoms with Gasteiger partial charge in [-0.25, -0.2) is 0 Å². The molecule has 0 radical (unpaired) electrons. The zero-order valence-electron chi connectivity index (χ0n) is 17.9. The molecule has 0 unspecified atom stereocenters. The molecule has 1 fully saturated rings. The summed E-state index contributed by atoms with van der Waals surface area (Å²) in [4.78, 5) is 27.7. The van der Waals surface area contributed by atoms with Crippen LogP contribution in [-0.4, -0.2) is 43.0 Å². The van der Waals surface area contributed by atoms with Gasteiger partial charge in [-0.05, 0) is 40.3 Å². The fourth-order valence-corrected chi connectivity index (χ4v) is 4.23. The third kappa shape index (κ3) is 6.26. The molecule has 166 valence electrons. The molecule has 0 bridgehead atoms. The monoisotopic (exact) mass is 449 g/mol. The highest BCUT2D eigenvalue weighted by molar-refractivity contribution is 7.12. The molecule has 4 rings (SSSR count). The van der Waals surface area contributed by atoms with Crippen molar-refractivity contribution in [1.29, 1.82) is 0 Å². The lowest BCUT2D eigenvalue weighted by Crippen LogP contribution is -2.35. The highest BCUT2D eigenvalue weighted by Gasteiger charge is 2.11. The summed E-state index contributed by atoms with van der Waals surface area (Å²) in [5, 5.41) is 7.76. The third-order valence-electron chi connectivity index (χ3n) is 5.37. The van der Waals surface area contributed by atoms with Gasteiger partial charge in [0.15, 0.2) is 0 Å². The molecule has 0 atom stereocenters. The minimum Gasteiger partial charge on any atom is -0.379 e. The van der Waals surface area contributed by atoms with Crippen LogP contribution < -0.4 is 10.6 Å². The van der Waals surface area contributed by atoms with Crippen molar-refractivity contribution in [2.75, 3.05) is 26.3 Å². The van der Waals surface area contributed by atoms with E-state index in [-0.39, 0.29) is 11.8 Å². The number of morpholine rings is 1. The van der Waals surface area contributed by atoms with Crippen molar-refractivity contribution in [2.24, 2.45) is 0 Å². The second-order valence-electron chi connectivity index (χ2n) is 7.75. The first-order valence-corrected chi connectivity index (χ1v) is 11.6. The van der Waals surface area contributed by atoms with Crippen LogP contribution in [0, 0.1) is 0 Å². The second kappa shape index (κ2) is 11.0. The van der Waals surface area contributed by atoms with Gasteiger partial charge in [-0.3, -0.25) is 14.5 Å². The molecule has 1 aliphatic heterocycles. The summed E-state index contributed by atoms with van der Waals surface area (Å²) in [7, 11) is 0. The second-order valence-corrected chi connectivity index (χ2v) is 8.70. The summed E-state index contributed by atoms with van der Waals surface area (Å²) in [5.41, 5.74) is 3.87. The molecular formula is C25H27N3O3S. The van der Waals surface area contributed by atoms with Crippen LogP contribution in [0.5, 0.6) is 0 Å². The Bertz CT molecular complexity index is 1030. The van der Waals surface area contributed by atoms with Gasteiger partial charge in [0, 0.05) is 38.3 Å². The molecule has 1 aromatic heterocycles. The van der Waals surface area contributed by atoms with Gasteiger partial charge in [0.2, 0.25) is 0 Å². The molecule has 0 spiro atoms. The molecule has 2 amide bonds. The Morgan fingerprint density at radius 2 is 1.56 bits per heavy atom. The van der Waals surface area contributed by atoms with E-state index in [4.69, 9.17) is 4.74 Å². The molecule has 2 aromatic carbocycles. The first kappa shape index (κ1) is 22.2. The van der Waals surface area contributed by atoms with Gasteiger partial charge in [0.05, 0.1) is 18.1 Å². The normalized spacial score (nSPS) is 14.1. The number of nitrogens with zero attached hydrogens (tertiary/aromatic N) is 1. The molecule has 6 nitrogen and oxygen atoms in total. The summed E-state index contributed by atoms with van der Waals surface area (Å²) < 4.78 is 5.41. The van der Waals surface area contributed by atoms with Gasteiger partial charge < -0.3 is 15.4 Å². The summed E-state index contributed by atoms with van der Waals surface area (Å²) in [5.74, 6) is -0.199. The maximum atomic E-state index is 12.6. The Labute approximate surface area is 192 Å². The number of nitrogens with one attached hydrogen (secondary N) is 2. The number of rotatable bonds is 8. The highest BCUT2D eigenvalue weighted by Crippen LogP contribution is 2.12. The Hall–Kier alpha value is -3.00. The zero-order chi connectivity index (χ0) is 22.2. The molecule has 32 heavy (non-hydrogen) atoms. The largest absolute Gasteiger partial charge is 0.379 e. The van der Waals surface area contributed by atoms with E-state index in [1.807, 2.05) is 35.7 Å². The molecule has 1 saturated heterocycles. The van der Waals surface area contributed by atoms with Gasteiger partial charge in [-0.2, -0.15) is 0 Å². The number of benzene rings is 2. The smallest absolute Gasteiger partial charge is 0.261 e. The number of thiophene rings is 1. The topological polar surface area (TPSA) is 70.7 Å². The first-order valence-electron chi connectivity index (χ1n) is 10.7. The van der Waals surface area contributed by atoms with E-state index < -0.39 is 0 Å². The van der Waals surface area contributed by atoms with E-state index in [2.05, 4.69) is 27.7 Å². The number of carbonyl (C=O) groups is 2. The fraction of sp³-hybridized carbons (Fsp3) is 0.280. The number of hydrogen-bond donors (Lipinski definition) is 2. The van der Waals surface area contributed by atoms with E-state index in [0.717, 1.165) is 44.0 Å². The molecule has 0 aliphatic carbocycles. The van der Waals surface area contributed by atoms with Crippen molar-refractivity contribution < 1.29 is 14.3 Å². The van der Waals surface area contributed by atoms with Gasteiger partial charge in [0.1, 0.15) is 0 Å². The van der Waals surface area contributed by atoms with Crippen LogP contribution in [0.25, 0.3) is 0 Å². The summed E-state index contributed by atoms with van der Waals surface area (Å²) in [6.07, 6.45) is 0. The summed E-state index contributed by atoms with van der Waals surface area (Å²) in [6, 6.07) is 19.3. The standard InChI is InChI=1S/C25H27N3O3S/c29-24(22-8-6-19(7-9-22)16-27-25(30)23-5-2-14-32-23)26-17-20-3-1-4-21(15-20)18-28-10-12-31-13-11-28/h1-9,14-15H,10-13,16-18H2,(H,26,29)(H,27,30). The van der Waals surface area contributed by atoms with Crippen molar-refractivity contribution in [1.82, 2.24) is 15.5 Å². The van der Waals surface area contributed by atoms with E-state index in [0.29, 0.717) is 23.5 Å². The van der Waals surface area contributed by atoms with E-state index in [1.165, 1.54) is 16.9 Å². The lowest BCUT2D eigenvalue weighted by atomic mass is 10.1. The van der Waals surface area contributed by atoms with Crippen LogP contribution in [0.15, 0.2) is 66.0 Å². The van der Waals surface area contributed by atoms with Crippen LogP contribution in [0.4, 0.5) is 0 Å². The maximum absolute atomic E-state index is 12.6. The Balaban J connectivity index is 1.26. The van der Waals surface area contributed by atoms with Crippen LogP contribution in [0.3, 0.4) is 0 Å². The van der Waals surface area contributed by atoms with Crippen LogP contribution >= 0.6 is 11.3 Å². The van der Waals surface area contributed by atoms with Crippen molar-refractivity contribution in [3.63, 3.8) is 0 Å². The SMILES string of the molecule is O=C(NCc1cccc(CN2CCOCC2)c1)c1ccc(CNC(=O)c2cccs2)cc1. The zero-order valence-corrected chi connectivity index (χ0v) is 18.7. The molecule has 2 N–H and O–H groups in total. The van der Waals surface area contributed by atoms with Crippen LogP contribution in [-0.2, 0) is 24.4 Å². The quantitative estimate of drug-likeness (QED) is 0.553. The molecule has 7 heteroatoms. The van der Waals surface area contributed by atoms with Crippen LogP contribution in [0.2, 0.25) is 0 Å². The minimum atomic E-state index is -0.113. The van der Waals surface area contributed by atoms with Gasteiger partial charge in [-0.1, -0.05) is 42.5 Å². The predicted molar refractivity (Wildman–Crippen MR) is 126 cm³/mol. The highest BCUT2D eigenvalue weighted by atomic mass is 32.1. The molecule has 0 saturated carbocycles. The minimum absolute atomic E-state index is 0.0855. The molecule has 3 aromatic rings. The molecule has 2 heterocycles. The lowest BCUT2D eigenvalue weighted by molar-refractivity contribution is 0.0342. The number of hydrogen-bond acceptors (Lipinski definition) is 5. The van der Waals surface area contributed by atoms with Crippen molar-refractivity contribution in [3.8, 4) is 0 Å². The first-order chi connectivity index (χ1) is 15.7. The van der Waals surface area contributed by atoms with E-state index in [1.54, 1.807) is 18.2 Å². The summed E-state index contributed by atoms with van der Waals surface area (Å²) in [6.45, 7) is 5.28.